The van der Waals surface area contributed by atoms with Crippen LogP contribution in [-0.2, 0) is 9.53 Å². The number of amides is 1. The molecule has 1 aromatic carbocycles. The van der Waals surface area contributed by atoms with Crippen molar-refractivity contribution in [3.8, 4) is 11.4 Å². The lowest BCUT2D eigenvalue weighted by Gasteiger charge is -2.32. The van der Waals surface area contributed by atoms with Crippen LogP contribution in [0, 0.1) is 5.92 Å². The van der Waals surface area contributed by atoms with E-state index in [4.69, 9.17) is 9.47 Å². The van der Waals surface area contributed by atoms with Gasteiger partial charge in [0.2, 0.25) is 5.91 Å². The maximum atomic E-state index is 12.3. The first-order valence-electron chi connectivity index (χ1n) is 9.89. The molecular formula is C21H28N4O4. The Hall–Kier alpha value is -2.87. The van der Waals surface area contributed by atoms with Gasteiger partial charge in [-0.05, 0) is 49.6 Å². The number of anilines is 1. The Kier molecular flexibility index (Phi) is 7.24. The molecule has 0 aliphatic carbocycles. The van der Waals surface area contributed by atoms with Crippen LogP contribution < -0.4 is 20.5 Å². The number of benzene rings is 1. The van der Waals surface area contributed by atoms with Crippen molar-refractivity contribution >= 4 is 11.7 Å². The number of nitrogens with zero attached hydrogens (tertiary/aromatic N) is 3. The number of ether oxygens (including phenoxy) is 2. The third-order valence-corrected chi connectivity index (χ3v) is 5.12. The van der Waals surface area contributed by atoms with Crippen molar-refractivity contribution in [2.45, 2.75) is 19.3 Å². The minimum absolute atomic E-state index is 0.0151. The second kappa shape index (κ2) is 10.1. The molecule has 0 bridgehead atoms. The highest BCUT2D eigenvalue weighted by molar-refractivity contribution is 5.78. The highest BCUT2D eigenvalue weighted by atomic mass is 16.5. The van der Waals surface area contributed by atoms with Gasteiger partial charge in [0, 0.05) is 45.3 Å². The van der Waals surface area contributed by atoms with Gasteiger partial charge in [-0.15, -0.1) is 5.10 Å². The molecule has 8 heteroatoms. The van der Waals surface area contributed by atoms with E-state index in [1.165, 1.54) is 10.7 Å². The van der Waals surface area contributed by atoms with Crippen LogP contribution in [0.25, 0.3) is 5.69 Å². The van der Waals surface area contributed by atoms with Gasteiger partial charge in [0.15, 0.2) is 0 Å². The lowest BCUT2D eigenvalue weighted by molar-refractivity contribution is -0.125. The second-order valence-electron chi connectivity index (χ2n) is 7.04. The predicted molar refractivity (Wildman–Crippen MR) is 111 cm³/mol. The van der Waals surface area contributed by atoms with E-state index >= 15 is 0 Å². The van der Waals surface area contributed by atoms with Crippen LogP contribution in [0.15, 0.2) is 41.2 Å². The first kappa shape index (κ1) is 20.9. The Balaban J connectivity index is 1.62. The van der Waals surface area contributed by atoms with Crippen LogP contribution in [0.5, 0.6) is 5.75 Å². The Bertz CT molecular complexity index is 858. The zero-order valence-corrected chi connectivity index (χ0v) is 17.0. The molecule has 156 valence electrons. The largest absolute Gasteiger partial charge is 0.497 e. The van der Waals surface area contributed by atoms with Crippen molar-refractivity contribution in [2.75, 3.05) is 45.4 Å². The second-order valence-corrected chi connectivity index (χ2v) is 7.04. The number of carbonyl (C=O) groups excluding carboxylic acids is 1. The normalized spacial score (nSPS) is 14.6. The van der Waals surface area contributed by atoms with Gasteiger partial charge < -0.3 is 19.7 Å². The summed E-state index contributed by atoms with van der Waals surface area (Å²) >= 11 is 0. The van der Waals surface area contributed by atoms with Gasteiger partial charge >= 0.3 is 0 Å². The van der Waals surface area contributed by atoms with Crippen molar-refractivity contribution < 1.29 is 14.3 Å². The van der Waals surface area contributed by atoms with E-state index < -0.39 is 0 Å². The first-order valence-corrected chi connectivity index (χ1v) is 9.89. The first-order chi connectivity index (χ1) is 14.1. The van der Waals surface area contributed by atoms with Crippen LogP contribution in [0.2, 0.25) is 0 Å². The van der Waals surface area contributed by atoms with Gasteiger partial charge in [-0.2, -0.15) is 4.68 Å². The molecule has 8 nitrogen and oxygen atoms in total. The summed E-state index contributed by atoms with van der Waals surface area (Å²) in [4.78, 5) is 26.7. The molecule has 1 amide bonds. The van der Waals surface area contributed by atoms with Crippen LogP contribution in [0.3, 0.4) is 0 Å². The summed E-state index contributed by atoms with van der Waals surface area (Å²) in [5.74, 6) is 1.58. The molecule has 1 aliphatic rings. The molecule has 3 rings (SSSR count). The zero-order valence-electron chi connectivity index (χ0n) is 17.0. The van der Waals surface area contributed by atoms with Gasteiger partial charge in [-0.25, -0.2) is 0 Å². The lowest BCUT2D eigenvalue weighted by Crippen LogP contribution is -2.41. The van der Waals surface area contributed by atoms with Gasteiger partial charge in [-0.1, -0.05) is 0 Å². The third-order valence-electron chi connectivity index (χ3n) is 5.12. The van der Waals surface area contributed by atoms with Gasteiger partial charge in [0.25, 0.3) is 5.56 Å². The van der Waals surface area contributed by atoms with Gasteiger partial charge in [0.1, 0.15) is 11.6 Å². The molecular weight excluding hydrogens is 372 g/mol. The van der Waals surface area contributed by atoms with E-state index in [0.29, 0.717) is 18.8 Å². The third kappa shape index (κ3) is 5.35. The minimum Gasteiger partial charge on any atom is -0.497 e. The fourth-order valence-electron chi connectivity index (χ4n) is 3.42. The van der Waals surface area contributed by atoms with Crippen LogP contribution in [0.1, 0.15) is 19.3 Å². The van der Waals surface area contributed by atoms with Crippen molar-refractivity contribution in [3.63, 3.8) is 0 Å². The Labute approximate surface area is 170 Å². The lowest BCUT2D eigenvalue weighted by atomic mass is 9.96. The van der Waals surface area contributed by atoms with E-state index in [-0.39, 0.29) is 17.4 Å². The summed E-state index contributed by atoms with van der Waals surface area (Å²) in [6.07, 6.45) is 2.34. The van der Waals surface area contributed by atoms with Crippen molar-refractivity contribution in [2.24, 2.45) is 5.92 Å². The zero-order chi connectivity index (χ0) is 20.6. The van der Waals surface area contributed by atoms with E-state index in [0.717, 1.165) is 43.9 Å². The van der Waals surface area contributed by atoms with Crippen LogP contribution >= 0.6 is 0 Å². The van der Waals surface area contributed by atoms with E-state index in [1.54, 1.807) is 44.6 Å². The molecule has 2 heterocycles. The number of rotatable bonds is 8. The average Bonchev–Trinajstić information content (AvgIpc) is 2.77. The van der Waals surface area contributed by atoms with Crippen molar-refractivity contribution in [1.29, 1.82) is 0 Å². The fraction of sp³-hybridized carbons (Fsp3) is 0.476. The number of hydrogen-bond acceptors (Lipinski definition) is 6. The van der Waals surface area contributed by atoms with Crippen LogP contribution in [-0.4, -0.2) is 56.1 Å². The molecule has 0 atom stereocenters. The minimum atomic E-state index is -0.191. The van der Waals surface area contributed by atoms with Crippen molar-refractivity contribution in [3.05, 3.63) is 46.8 Å². The molecule has 0 radical (unpaired) electrons. The van der Waals surface area contributed by atoms with Gasteiger partial charge in [0.05, 0.1) is 12.8 Å². The predicted octanol–water partition coefficient (Wildman–Crippen LogP) is 1.61. The van der Waals surface area contributed by atoms with Gasteiger partial charge in [-0.3, -0.25) is 9.59 Å². The number of piperidine rings is 1. The maximum absolute atomic E-state index is 12.3. The van der Waals surface area contributed by atoms with Crippen molar-refractivity contribution in [1.82, 2.24) is 15.1 Å². The maximum Gasteiger partial charge on any atom is 0.271 e. The smallest absolute Gasteiger partial charge is 0.271 e. The summed E-state index contributed by atoms with van der Waals surface area (Å²) in [6.45, 7) is 2.74. The topological polar surface area (TPSA) is 85.7 Å². The molecule has 1 aromatic heterocycles. The number of nitrogens with one attached hydrogen (secondary N) is 1. The molecule has 0 unspecified atom stereocenters. The van der Waals surface area contributed by atoms with E-state index in [9.17, 15) is 9.59 Å². The molecule has 1 saturated heterocycles. The summed E-state index contributed by atoms with van der Waals surface area (Å²) in [6, 6.07) is 10.5. The molecule has 0 spiro atoms. The molecule has 0 saturated carbocycles. The van der Waals surface area contributed by atoms with Crippen LogP contribution in [0.4, 0.5) is 5.82 Å². The average molecular weight is 400 g/mol. The summed E-state index contributed by atoms with van der Waals surface area (Å²) < 4.78 is 11.6. The quantitative estimate of drug-likeness (QED) is 0.678. The SMILES string of the molecule is COCCCNC(=O)C1CCN(c2ccc(=O)n(-c3ccc(OC)cc3)n2)CC1. The number of aromatic nitrogens is 2. The van der Waals surface area contributed by atoms with E-state index in [1.807, 2.05) is 0 Å². The summed E-state index contributed by atoms with van der Waals surface area (Å²) in [7, 11) is 3.26. The highest BCUT2D eigenvalue weighted by Crippen LogP contribution is 2.22. The Morgan fingerprint density at radius 3 is 2.52 bits per heavy atom. The molecule has 1 N–H and O–H groups in total. The molecule has 29 heavy (non-hydrogen) atoms. The number of carbonyl (C=O) groups is 1. The summed E-state index contributed by atoms with van der Waals surface area (Å²) in [5.41, 5.74) is 0.493. The Morgan fingerprint density at radius 2 is 1.86 bits per heavy atom. The summed E-state index contributed by atoms with van der Waals surface area (Å²) in [5, 5.41) is 7.52. The van der Waals surface area contributed by atoms with E-state index in [2.05, 4.69) is 15.3 Å². The molecule has 2 aromatic rings. The fourth-order valence-corrected chi connectivity index (χ4v) is 3.42. The Morgan fingerprint density at radius 1 is 1.14 bits per heavy atom. The highest BCUT2D eigenvalue weighted by Gasteiger charge is 2.25. The number of methoxy groups -OCH3 is 2. The molecule has 1 fully saturated rings. The molecule has 1 aliphatic heterocycles. The standard InChI is InChI=1S/C21H28N4O4/c1-28-15-3-12-22-21(27)16-10-13-24(14-11-16)19-8-9-20(26)25(23-19)17-4-6-18(29-2)7-5-17/h4-9,16H,3,10-15H2,1-2H3,(H,22,27). The number of hydrogen-bond donors (Lipinski definition) is 1. The monoisotopic (exact) mass is 400 g/mol.